The summed E-state index contributed by atoms with van der Waals surface area (Å²) in [4.78, 5) is 3.84. The lowest BCUT2D eigenvalue weighted by atomic mass is 10.00. The highest BCUT2D eigenvalue weighted by Crippen LogP contribution is 2.32. The third kappa shape index (κ3) is 2.44. The fraction of sp³-hybridized carbons (Fsp3) is 0.444. The van der Waals surface area contributed by atoms with E-state index in [2.05, 4.69) is 11.6 Å². The molecule has 1 nitrogen and oxygen atoms in total. The van der Waals surface area contributed by atoms with Gasteiger partial charge in [-0.25, -0.2) is 0 Å². The van der Waals surface area contributed by atoms with Gasteiger partial charge in [0.2, 0.25) is 0 Å². The first-order valence-electron chi connectivity index (χ1n) is 3.90. The van der Waals surface area contributed by atoms with E-state index in [0.29, 0.717) is 12.8 Å². The number of aliphatic imine (C=N–C) groups is 1. The molecule has 0 N–H and O–H groups in total. The maximum absolute atomic E-state index is 12.1. The SMILES string of the molecule is C=C(C1=CN=C(C)CC1)C(F)(F)F. The average Bonchev–Trinajstić information content (AvgIpc) is 2.03. The van der Waals surface area contributed by atoms with Gasteiger partial charge in [-0.3, -0.25) is 4.99 Å². The van der Waals surface area contributed by atoms with Crippen LogP contribution in [0.4, 0.5) is 13.2 Å². The summed E-state index contributed by atoms with van der Waals surface area (Å²) in [6, 6.07) is 0. The zero-order chi connectivity index (χ0) is 10.1. The van der Waals surface area contributed by atoms with Crippen molar-refractivity contribution >= 4 is 5.71 Å². The Morgan fingerprint density at radius 1 is 1.46 bits per heavy atom. The molecule has 13 heavy (non-hydrogen) atoms. The van der Waals surface area contributed by atoms with Gasteiger partial charge in [0, 0.05) is 11.9 Å². The third-order valence-corrected chi connectivity index (χ3v) is 1.93. The molecule has 0 aromatic rings. The second kappa shape index (κ2) is 3.36. The van der Waals surface area contributed by atoms with Gasteiger partial charge in [-0.15, -0.1) is 0 Å². The molecule has 72 valence electrons. The summed E-state index contributed by atoms with van der Waals surface area (Å²) in [5.74, 6) is 0. The predicted octanol–water partition coefficient (Wildman–Crippen LogP) is 3.24. The molecule has 0 atom stereocenters. The molecule has 1 aliphatic heterocycles. The van der Waals surface area contributed by atoms with E-state index in [1.165, 1.54) is 6.20 Å². The van der Waals surface area contributed by atoms with Crippen molar-refractivity contribution in [2.75, 3.05) is 0 Å². The van der Waals surface area contributed by atoms with E-state index < -0.39 is 11.7 Å². The number of halogens is 3. The first-order valence-corrected chi connectivity index (χ1v) is 3.90. The van der Waals surface area contributed by atoms with Crippen molar-refractivity contribution in [1.29, 1.82) is 0 Å². The molecule has 0 saturated carbocycles. The summed E-state index contributed by atoms with van der Waals surface area (Å²) < 4.78 is 36.4. The van der Waals surface area contributed by atoms with E-state index in [1.54, 1.807) is 6.92 Å². The van der Waals surface area contributed by atoms with Gasteiger partial charge in [0.1, 0.15) is 0 Å². The van der Waals surface area contributed by atoms with Crippen LogP contribution in [0.25, 0.3) is 0 Å². The molecule has 0 radical (unpaired) electrons. The van der Waals surface area contributed by atoms with Gasteiger partial charge in [0.25, 0.3) is 0 Å². The molecule has 0 fully saturated rings. The minimum Gasteiger partial charge on any atom is -0.266 e. The number of alkyl halides is 3. The van der Waals surface area contributed by atoms with E-state index in [-0.39, 0.29) is 5.57 Å². The Bertz CT molecular complexity index is 284. The van der Waals surface area contributed by atoms with Crippen molar-refractivity contribution in [3.63, 3.8) is 0 Å². The van der Waals surface area contributed by atoms with Crippen LogP contribution in [0, 0.1) is 0 Å². The molecule has 1 heterocycles. The molecule has 0 saturated heterocycles. The third-order valence-electron chi connectivity index (χ3n) is 1.93. The van der Waals surface area contributed by atoms with E-state index in [1.807, 2.05) is 0 Å². The van der Waals surface area contributed by atoms with Crippen molar-refractivity contribution in [3.8, 4) is 0 Å². The number of nitrogens with zero attached hydrogens (tertiary/aromatic N) is 1. The number of hydrogen-bond acceptors (Lipinski definition) is 1. The molecule has 0 aromatic heterocycles. The van der Waals surface area contributed by atoms with Crippen LogP contribution in [0.1, 0.15) is 19.8 Å². The van der Waals surface area contributed by atoms with Crippen LogP contribution in [-0.2, 0) is 0 Å². The summed E-state index contributed by atoms with van der Waals surface area (Å²) in [5.41, 5.74) is 0.278. The Balaban J connectivity index is 2.81. The van der Waals surface area contributed by atoms with Gasteiger partial charge in [-0.2, -0.15) is 13.2 Å². The Kier molecular flexibility index (Phi) is 2.59. The molecule has 0 aliphatic carbocycles. The molecule has 0 aromatic carbocycles. The zero-order valence-electron chi connectivity index (χ0n) is 7.28. The van der Waals surface area contributed by atoms with Crippen LogP contribution in [0.5, 0.6) is 0 Å². The normalized spacial score (nSPS) is 17.8. The summed E-state index contributed by atoms with van der Waals surface area (Å²) in [6.07, 6.45) is -2.10. The Morgan fingerprint density at radius 3 is 2.46 bits per heavy atom. The maximum atomic E-state index is 12.1. The minimum atomic E-state index is -4.33. The van der Waals surface area contributed by atoms with Crippen LogP contribution in [-0.4, -0.2) is 11.9 Å². The summed E-state index contributed by atoms with van der Waals surface area (Å²) in [5, 5.41) is 0. The maximum Gasteiger partial charge on any atom is 0.416 e. The van der Waals surface area contributed by atoms with Gasteiger partial charge in [-0.05, 0) is 25.3 Å². The highest BCUT2D eigenvalue weighted by molar-refractivity contribution is 5.83. The second-order valence-electron chi connectivity index (χ2n) is 3.00. The molecule has 0 unspecified atom stereocenters. The summed E-state index contributed by atoms with van der Waals surface area (Å²) >= 11 is 0. The topological polar surface area (TPSA) is 12.4 Å². The van der Waals surface area contributed by atoms with Crippen molar-refractivity contribution in [2.45, 2.75) is 25.9 Å². The van der Waals surface area contributed by atoms with Gasteiger partial charge in [0.15, 0.2) is 0 Å². The van der Waals surface area contributed by atoms with E-state index >= 15 is 0 Å². The first-order chi connectivity index (χ1) is 5.91. The van der Waals surface area contributed by atoms with E-state index in [9.17, 15) is 13.2 Å². The fourth-order valence-corrected chi connectivity index (χ4v) is 1.04. The standard InChI is InChI=1S/C9H10F3N/c1-6-3-4-8(5-13-6)7(2)9(10,11)12/h5H,2-4H2,1H3. The second-order valence-corrected chi connectivity index (χ2v) is 3.00. The number of hydrogen-bond donors (Lipinski definition) is 0. The smallest absolute Gasteiger partial charge is 0.266 e. The molecular formula is C9H10F3N. The lowest BCUT2D eigenvalue weighted by Gasteiger charge is -2.15. The zero-order valence-corrected chi connectivity index (χ0v) is 7.28. The average molecular weight is 189 g/mol. The molecule has 4 heteroatoms. The van der Waals surface area contributed by atoms with Crippen molar-refractivity contribution < 1.29 is 13.2 Å². The molecule has 1 aliphatic rings. The van der Waals surface area contributed by atoms with Crippen LogP contribution >= 0.6 is 0 Å². The fourth-order valence-electron chi connectivity index (χ4n) is 1.04. The molecule has 1 rings (SSSR count). The highest BCUT2D eigenvalue weighted by Gasteiger charge is 2.34. The van der Waals surface area contributed by atoms with Gasteiger partial charge in [-0.1, -0.05) is 6.58 Å². The molecular weight excluding hydrogens is 179 g/mol. The van der Waals surface area contributed by atoms with Gasteiger partial charge < -0.3 is 0 Å². The Morgan fingerprint density at radius 2 is 2.08 bits per heavy atom. The van der Waals surface area contributed by atoms with Crippen molar-refractivity contribution in [2.24, 2.45) is 4.99 Å². The molecule has 0 spiro atoms. The summed E-state index contributed by atoms with van der Waals surface area (Å²) in [6.45, 7) is 4.81. The van der Waals surface area contributed by atoms with Crippen LogP contribution in [0.2, 0.25) is 0 Å². The largest absolute Gasteiger partial charge is 0.416 e. The Labute approximate surface area is 74.7 Å². The minimum absolute atomic E-state index is 0.193. The van der Waals surface area contributed by atoms with E-state index in [4.69, 9.17) is 0 Å². The number of rotatable bonds is 1. The molecule has 0 bridgehead atoms. The quantitative estimate of drug-likeness (QED) is 0.600. The first kappa shape index (κ1) is 10.0. The van der Waals surface area contributed by atoms with Crippen molar-refractivity contribution in [3.05, 3.63) is 23.9 Å². The lowest BCUT2D eigenvalue weighted by Crippen LogP contribution is -2.14. The Hall–Kier alpha value is -1.06. The lowest BCUT2D eigenvalue weighted by molar-refractivity contribution is -0.0892. The van der Waals surface area contributed by atoms with Gasteiger partial charge in [0.05, 0.1) is 5.57 Å². The monoisotopic (exact) mass is 189 g/mol. The number of allylic oxidation sites excluding steroid dienone is 2. The van der Waals surface area contributed by atoms with Crippen molar-refractivity contribution in [1.82, 2.24) is 0 Å². The van der Waals surface area contributed by atoms with Crippen LogP contribution < -0.4 is 0 Å². The molecule has 0 amide bonds. The summed E-state index contributed by atoms with van der Waals surface area (Å²) in [7, 11) is 0. The van der Waals surface area contributed by atoms with Crippen LogP contribution in [0.15, 0.2) is 28.9 Å². The van der Waals surface area contributed by atoms with Gasteiger partial charge >= 0.3 is 6.18 Å². The highest BCUT2D eigenvalue weighted by atomic mass is 19.4. The predicted molar refractivity (Wildman–Crippen MR) is 45.6 cm³/mol. The van der Waals surface area contributed by atoms with E-state index in [0.717, 1.165) is 5.71 Å². The van der Waals surface area contributed by atoms with Crippen LogP contribution in [0.3, 0.4) is 0 Å².